The number of benzene rings is 1. The third-order valence-electron chi connectivity index (χ3n) is 4.25. The van der Waals surface area contributed by atoms with E-state index in [-0.39, 0.29) is 17.5 Å². The Kier molecular flexibility index (Phi) is 4.63. The van der Waals surface area contributed by atoms with Gasteiger partial charge in [0.1, 0.15) is 11.7 Å². The maximum absolute atomic E-state index is 12.6. The summed E-state index contributed by atoms with van der Waals surface area (Å²) in [6.07, 6.45) is 2.17. The Hall–Kier alpha value is -1.88. The van der Waals surface area contributed by atoms with E-state index >= 15 is 0 Å². The molecule has 0 heterocycles. The maximum atomic E-state index is 12.6. The molecular formula is C19H22O2. The fourth-order valence-corrected chi connectivity index (χ4v) is 3.40. The molecule has 1 aliphatic rings. The molecule has 0 aromatic heterocycles. The van der Waals surface area contributed by atoms with Crippen LogP contribution in [0.15, 0.2) is 12.1 Å². The molecule has 1 aromatic carbocycles. The van der Waals surface area contributed by atoms with Crippen LogP contribution < -0.4 is 0 Å². The molecule has 1 saturated carbocycles. The van der Waals surface area contributed by atoms with Crippen LogP contribution in [0.3, 0.4) is 0 Å². The van der Waals surface area contributed by atoms with Crippen LogP contribution in [0.1, 0.15) is 61.3 Å². The zero-order chi connectivity index (χ0) is 15.6. The fourth-order valence-electron chi connectivity index (χ4n) is 3.40. The van der Waals surface area contributed by atoms with E-state index in [1.807, 2.05) is 26.0 Å². The topological polar surface area (TPSA) is 34.1 Å². The van der Waals surface area contributed by atoms with E-state index in [9.17, 15) is 9.59 Å². The molecule has 0 saturated heterocycles. The second-order valence-corrected chi connectivity index (χ2v) is 5.89. The summed E-state index contributed by atoms with van der Waals surface area (Å²) < 4.78 is 0. The molecule has 2 rings (SSSR count). The van der Waals surface area contributed by atoms with Crippen LogP contribution >= 0.6 is 0 Å². The van der Waals surface area contributed by atoms with Gasteiger partial charge in [0.05, 0.1) is 0 Å². The monoisotopic (exact) mass is 282 g/mol. The van der Waals surface area contributed by atoms with Crippen molar-refractivity contribution in [3.8, 4) is 11.8 Å². The summed E-state index contributed by atoms with van der Waals surface area (Å²) in [5.41, 5.74) is 3.85. The minimum absolute atomic E-state index is 0.0820. The van der Waals surface area contributed by atoms with E-state index in [1.165, 1.54) is 0 Å². The van der Waals surface area contributed by atoms with Crippen LogP contribution in [-0.2, 0) is 9.59 Å². The second-order valence-electron chi connectivity index (χ2n) is 5.89. The summed E-state index contributed by atoms with van der Waals surface area (Å²) in [5.74, 6) is 5.49. The lowest BCUT2D eigenvalue weighted by molar-refractivity contribution is -0.124. The number of hydrogen-bond acceptors (Lipinski definition) is 2. The van der Waals surface area contributed by atoms with Gasteiger partial charge in [0, 0.05) is 17.9 Å². The van der Waals surface area contributed by atoms with Crippen LogP contribution in [0.4, 0.5) is 0 Å². The minimum Gasteiger partial charge on any atom is -0.298 e. The molecule has 0 spiro atoms. The van der Waals surface area contributed by atoms with Crippen molar-refractivity contribution >= 4 is 11.6 Å². The van der Waals surface area contributed by atoms with Crippen LogP contribution in [0, 0.1) is 31.6 Å². The fraction of sp³-hybridized carbons (Fsp3) is 0.474. The van der Waals surface area contributed by atoms with Gasteiger partial charge < -0.3 is 0 Å². The van der Waals surface area contributed by atoms with E-state index < -0.39 is 5.92 Å². The van der Waals surface area contributed by atoms with E-state index in [0.29, 0.717) is 6.42 Å². The molecule has 2 nitrogen and oxygen atoms in total. The Balaban J connectivity index is 2.44. The van der Waals surface area contributed by atoms with Crippen LogP contribution in [0.5, 0.6) is 0 Å². The van der Waals surface area contributed by atoms with Crippen LogP contribution in [0.2, 0.25) is 0 Å². The smallest absolute Gasteiger partial charge is 0.151 e. The highest BCUT2D eigenvalue weighted by Gasteiger charge is 2.42. The van der Waals surface area contributed by atoms with Crippen molar-refractivity contribution in [3.05, 3.63) is 34.4 Å². The second kappa shape index (κ2) is 6.26. The molecule has 2 unspecified atom stereocenters. The predicted molar refractivity (Wildman–Crippen MR) is 84.2 cm³/mol. The quantitative estimate of drug-likeness (QED) is 0.625. The number of carbonyl (C=O) groups is 2. The molecule has 2 heteroatoms. The molecule has 21 heavy (non-hydrogen) atoms. The zero-order valence-electron chi connectivity index (χ0n) is 13.2. The molecule has 110 valence electrons. The molecule has 0 radical (unpaired) electrons. The maximum Gasteiger partial charge on any atom is 0.151 e. The van der Waals surface area contributed by atoms with Crippen LogP contribution in [0.25, 0.3) is 0 Å². The SMILES string of the molecule is CC#Cc1cc(C)c(C2C(=O)CC(CCC)C2=O)c(C)c1. The highest BCUT2D eigenvalue weighted by atomic mass is 16.2. The lowest BCUT2D eigenvalue weighted by atomic mass is 9.86. The summed E-state index contributed by atoms with van der Waals surface area (Å²) in [5, 5.41) is 0. The van der Waals surface area contributed by atoms with Crippen molar-refractivity contribution in [2.24, 2.45) is 5.92 Å². The Morgan fingerprint density at radius 2 is 1.81 bits per heavy atom. The summed E-state index contributed by atoms with van der Waals surface area (Å²) in [6, 6.07) is 3.96. The molecule has 1 aromatic rings. The number of ketones is 2. The molecule has 1 aliphatic carbocycles. The number of Topliss-reactive ketones (excluding diaryl/α,β-unsaturated/α-hetero) is 2. The third-order valence-corrected chi connectivity index (χ3v) is 4.25. The number of rotatable bonds is 3. The average molecular weight is 282 g/mol. The summed E-state index contributed by atoms with van der Waals surface area (Å²) >= 11 is 0. The number of aryl methyl sites for hydroxylation is 2. The van der Waals surface area contributed by atoms with E-state index in [2.05, 4.69) is 18.8 Å². The Bertz CT molecular complexity index is 620. The van der Waals surface area contributed by atoms with E-state index in [1.54, 1.807) is 6.92 Å². The summed E-state index contributed by atoms with van der Waals surface area (Å²) in [4.78, 5) is 24.9. The lowest BCUT2D eigenvalue weighted by Crippen LogP contribution is -2.17. The van der Waals surface area contributed by atoms with Crippen molar-refractivity contribution in [2.45, 2.75) is 52.9 Å². The average Bonchev–Trinajstić information content (AvgIpc) is 2.67. The molecule has 0 N–H and O–H groups in total. The lowest BCUT2D eigenvalue weighted by Gasteiger charge is -2.16. The zero-order valence-corrected chi connectivity index (χ0v) is 13.2. The molecular weight excluding hydrogens is 260 g/mol. The van der Waals surface area contributed by atoms with Gasteiger partial charge >= 0.3 is 0 Å². The highest BCUT2D eigenvalue weighted by Crippen LogP contribution is 2.37. The van der Waals surface area contributed by atoms with Crippen molar-refractivity contribution in [1.29, 1.82) is 0 Å². The summed E-state index contributed by atoms with van der Waals surface area (Å²) in [7, 11) is 0. The van der Waals surface area contributed by atoms with Gasteiger partial charge in [-0.3, -0.25) is 9.59 Å². The van der Waals surface area contributed by atoms with Gasteiger partial charge in [-0.15, -0.1) is 5.92 Å². The molecule has 0 amide bonds. The van der Waals surface area contributed by atoms with Crippen molar-refractivity contribution in [1.82, 2.24) is 0 Å². The van der Waals surface area contributed by atoms with Gasteiger partial charge in [-0.2, -0.15) is 0 Å². The third kappa shape index (κ3) is 2.93. The number of hydrogen-bond donors (Lipinski definition) is 0. The van der Waals surface area contributed by atoms with Gasteiger partial charge in [-0.25, -0.2) is 0 Å². The first-order chi connectivity index (χ1) is 9.99. The molecule has 0 bridgehead atoms. The Morgan fingerprint density at radius 3 is 2.33 bits per heavy atom. The Labute approximate surface area is 126 Å². The number of carbonyl (C=O) groups excluding carboxylic acids is 2. The standard InChI is InChI=1S/C19H22O2/c1-5-7-14-9-12(3)17(13(4)10-14)18-16(20)11-15(8-6-2)19(18)21/h9-10,15,18H,6,8,11H2,1-4H3. The van der Waals surface area contributed by atoms with Gasteiger partial charge in [-0.05, 0) is 56.0 Å². The molecule has 2 atom stereocenters. The predicted octanol–water partition coefficient (Wildman–Crippen LogP) is 3.72. The van der Waals surface area contributed by atoms with Crippen molar-refractivity contribution in [2.75, 3.05) is 0 Å². The first-order valence-electron chi connectivity index (χ1n) is 7.59. The molecule has 0 aliphatic heterocycles. The minimum atomic E-state index is -0.551. The molecule has 1 fully saturated rings. The van der Waals surface area contributed by atoms with Crippen LogP contribution in [-0.4, -0.2) is 11.6 Å². The normalized spacial score (nSPS) is 21.3. The Morgan fingerprint density at radius 1 is 1.19 bits per heavy atom. The van der Waals surface area contributed by atoms with E-state index in [0.717, 1.165) is 35.1 Å². The van der Waals surface area contributed by atoms with Crippen molar-refractivity contribution < 1.29 is 9.59 Å². The van der Waals surface area contributed by atoms with Crippen molar-refractivity contribution in [3.63, 3.8) is 0 Å². The van der Waals surface area contributed by atoms with Gasteiger partial charge in [0.15, 0.2) is 5.78 Å². The first-order valence-corrected chi connectivity index (χ1v) is 7.59. The van der Waals surface area contributed by atoms with Gasteiger partial charge in [0.2, 0.25) is 0 Å². The largest absolute Gasteiger partial charge is 0.298 e. The van der Waals surface area contributed by atoms with Gasteiger partial charge in [-0.1, -0.05) is 19.3 Å². The first kappa shape index (κ1) is 15.5. The highest BCUT2D eigenvalue weighted by molar-refractivity contribution is 6.14. The van der Waals surface area contributed by atoms with E-state index in [4.69, 9.17) is 0 Å². The van der Waals surface area contributed by atoms with Gasteiger partial charge in [0.25, 0.3) is 0 Å². The summed E-state index contributed by atoms with van der Waals surface area (Å²) in [6.45, 7) is 7.80.